The van der Waals surface area contributed by atoms with Gasteiger partial charge in [-0.3, -0.25) is 23.8 Å². The fraction of sp³-hybridized carbons (Fsp3) is 0.557. The first-order valence-corrected chi connectivity index (χ1v) is 36.7. The summed E-state index contributed by atoms with van der Waals surface area (Å²) in [5.74, 6) is 0.289. The smallest absolute Gasteiger partial charge is 0.410 e. The third kappa shape index (κ3) is 24.0. The summed E-state index contributed by atoms with van der Waals surface area (Å²) >= 11 is 0. The van der Waals surface area contributed by atoms with Crippen molar-refractivity contribution in [1.29, 1.82) is 5.26 Å². The van der Waals surface area contributed by atoms with Crippen LogP contribution in [0.15, 0.2) is 150 Å². The van der Waals surface area contributed by atoms with Crippen molar-refractivity contribution in [1.82, 2.24) is 34.7 Å². The zero-order valence-electron chi connectivity index (χ0n) is 59.4. The number of aryl methyl sites for hydroxylation is 1. The highest BCUT2D eigenvalue weighted by Crippen LogP contribution is 2.42. The van der Waals surface area contributed by atoms with Crippen molar-refractivity contribution in [2.45, 2.75) is 166 Å². The van der Waals surface area contributed by atoms with E-state index in [-0.39, 0.29) is 41.8 Å². The van der Waals surface area contributed by atoms with Gasteiger partial charge in [0.2, 0.25) is 0 Å². The number of aliphatic hydroxyl groups excluding tert-OH is 1. The maximum absolute atomic E-state index is 12.4. The second-order valence-corrected chi connectivity index (χ2v) is 31.8. The molecule has 0 aromatic heterocycles. The highest BCUT2D eigenvalue weighted by Gasteiger charge is 2.49. The second kappa shape index (κ2) is 35.7. The Morgan fingerprint density at radius 2 is 0.867 bits per heavy atom. The van der Waals surface area contributed by atoms with E-state index in [0.717, 1.165) is 149 Å². The molecule has 5 aromatic rings. The van der Waals surface area contributed by atoms with Gasteiger partial charge in [0.05, 0.1) is 11.0 Å². The predicted octanol–water partition coefficient (Wildman–Crippen LogP) is 13.1. The van der Waals surface area contributed by atoms with E-state index in [4.69, 9.17) is 32.1 Å². The lowest BCUT2D eigenvalue weighted by Crippen LogP contribution is -2.62. The molecule has 18 nitrogen and oxygen atoms in total. The molecule has 7 aliphatic heterocycles. The number of ether oxygens (including phenoxy) is 2. The molecule has 98 heavy (non-hydrogen) atoms. The fourth-order valence-corrected chi connectivity index (χ4v) is 14.6. The number of carbonyl (C=O) groups is 2. The predicted molar refractivity (Wildman–Crippen MR) is 386 cm³/mol. The van der Waals surface area contributed by atoms with Gasteiger partial charge in [-0.05, 0) is 161 Å². The van der Waals surface area contributed by atoms with Gasteiger partial charge in [-0.1, -0.05) is 139 Å². The molecule has 0 bridgehead atoms. The zero-order valence-corrected chi connectivity index (χ0v) is 60.2. The summed E-state index contributed by atoms with van der Waals surface area (Å²) in [4.78, 5) is 44.6. The number of rotatable bonds is 13. The van der Waals surface area contributed by atoms with Gasteiger partial charge in [0.25, 0.3) is 21.2 Å². The minimum Gasteiger partial charge on any atom is -0.444 e. The molecule has 5 aromatic carbocycles. The van der Waals surface area contributed by atoms with Gasteiger partial charge >= 0.3 is 12.2 Å². The SMILES string of the molecule is CC(C)(C)OC(=O)N1CC2(CCN(Cc3ccccc3)CC2)C1.CC(C)(C)OC(=O)N1CC2(CCNCC2)C1.N#CC1CCN(Cc2ccccc2)CC1.[C-]#[N+]C1(CO)CCN(Cc2ccccc2)CC1.[C-]#[N+]C1(COS(=O)(=O)c2ccc(C)cc2)CCN(Cc2ccccc2)CC1. The number of carbonyl (C=O) groups excluding carboxylic acids is 2. The van der Waals surface area contributed by atoms with Crippen LogP contribution >= 0.6 is 0 Å². The summed E-state index contributed by atoms with van der Waals surface area (Å²) in [7, 11) is -3.84. The van der Waals surface area contributed by atoms with E-state index in [0.29, 0.717) is 23.7 Å². The van der Waals surface area contributed by atoms with Crippen molar-refractivity contribution in [3.8, 4) is 6.07 Å². The van der Waals surface area contributed by atoms with Crippen LogP contribution in [0.25, 0.3) is 9.69 Å². The quantitative estimate of drug-likeness (QED) is 0.0839. The Kier molecular flexibility index (Phi) is 27.9. The molecule has 0 unspecified atom stereocenters. The monoisotopic (exact) mass is 1360 g/mol. The molecule has 0 aliphatic carbocycles. The number of benzene rings is 5. The van der Waals surface area contributed by atoms with Gasteiger partial charge in [0, 0.05) is 121 Å². The molecule has 2 amide bonds. The Balaban J connectivity index is 0.000000159. The molecular weight excluding hydrogens is 1250 g/mol. The van der Waals surface area contributed by atoms with Gasteiger partial charge in [-0.2, -0.15) is 13.7 Å². The van der Waals surface area contributed by atoms with Crippen LogP contribution < -0.4 is 5.32 Å². The first kappa shape index (κ1) is 76.5. The lowest BCUT2D eigenvalue weighted by atomic mass is 9.72. The van der Waals surface area contributed by atoms with Gasteiger partial charge < -0.3 is 39.4 Å². The average Bonchev–Trinajstić information content (AvgIpc) is 0.777. The summed E-state index contributed by atoms with van der Waals surface area (Å²) in [5.41, 5.74) is 4.95. The van der Waals surface area contributed by atoms with Crippen LogP contribution in [0.4, 0.5) is 9.59 Å². The Bertz CT molecular complexity index is 3460. The first-order valence-electron chi connectivity index (χ1n) is 35.3. The molecule has 2 N–H and O–H groups in total. The first-order chi connectivity index (χ1) is 46.8. The maximum atomic E-state index is 12.4. The topological polar surface area (TPSA) is 180 Å². The minimum atomic E-state index is -3.84. The average molecular weight is 1360 g/mol. The van der Waals surface area contributed by atoms with Crippen LogP contribution in [-0.2, 0) is 50.0 Å². The number of piperidine rings is 5. The van der Waals surface area contributed by atoms with Crippen molar-refractivity contribution < 1.29 is 36.8 Å². The molecule has 7 aliphatic rings. The number of nitriles is 1. The summed E-state index contributed by atoms with van der Waals surface area (Å²) in [5, 5.41) is 21.4. The van der Waals surface area contributed by atoms with Gasteiger partial charge in [0.1, 0.15) is 24.4 Å². The normalized spacial score (nSPS) is 19.9. The number of hydrogen-bond acceptors (Lipinski definition) is 14. The summed E-state index contributed by atoms with van der Waals surface area (Å²) < 4.78 is 40.9. The standard InChI is InChI=1S/C21H24N2O3S.C19H28N2O2.C14H18N2O.C13H16N2.C12H22N2O2/c1-18-8-10-20(11-9-18)27(24,25)26-17-21(22-2)12-14-23(15-13-21)16-19-6-4-3-5-7-19;1-18(2,3)23-17(22)21-14-19(15-21)9-11-20(12-10-19)13-16-7-5-4-6-8-16;1-15-14(12-17)7-9-16(10-8-14)11-13-5-3-2-4-6-13;14-10-12-6-8-15(9-7-12)11-13-4-2-1-3-5-13;1-11(2,3)16-10(15)14-8-12(9-14)4-6-13-7-5-12/h3-11H,12-17H2,1H3;4-8H,9-15H2,1-3H3;2-6,17H,7-12H2;1-5,12H,6-9,11H2;13H,4-9H2,1-3H3. The van der Waals surface area contributed by atoms with Crippen LogP contribution in [0, 0.1) is 48.1 Å². The number of aliphatic hydroxyl groups is 1. The van der Waals surface area contributed by atoms with Crippen molar-refractivity contribution in [3.63, 3.8) is 0 Å². The molecule has 19 heteroatoms. The van der Waals surface area contributed by atoms with Crippen LogP contribution in [0.1, 0.15) is 134 Å². The Morgan fingerprint density at radius 1 is 0.531 bits per heavy atom. The third-order valence-corrected chi connectivity index (χ3v) is 21.2. The molecule has 7 saturated heterocycles. The van der Waals surface area contributed by atoms with Crippen LogP contribution in [0.3, 0.4) is 0 Å². The molecular formula is C79H108N10O8S. The molecule has 528 valence electrons. The zero-order chi connectivity index (χ0) is 70.3. The lowest BCUT2D eigenvalue weighted by Gasteiger charge is -2.53. The van der Waals surface area contributed by atoms with E-state index >= 15 is 0 Å². The summed E-state index contributed by atoms with van der Waals surface area (Å²) in [6.45, 7) is 45.2. The third-order valence-electron chi connectivity index (χ3n) is 19.9. The summed E-state index contributed by atoms with van der Waals surface area (Å²) in [6, 6.07) is 50.7. The molecule has 0 atom stereocenters. The second-order valence-electron chi connectivity index (χ2n) is 30.2. The van der Waals surface area contributed by atoms with E-state index in [1.54, 1.807) is 12.1 Å². The number of hydrogen-bond donors (Lipinski definition) is 2. The van der Waals surface area contributed by atoms with Crippen LogP contribution in [-0.4, -0.2) is 182 Å². The van der Waals surface area contributed by atoms with E-state index in [1.165, 1.54) is 60.1 Å². The van der Waals surface area contributed by atoms with Gasteiger partial charge in [-0.25, -0.2) is 22.7 Å². The van der Waals surface area contributed by atoms with Crippen molar-refractivity contribution >= 4 is 22.3 Å². The fourth-order valence-electron chi connectivity index (χ4n) is 13.6. The largest absolute Gasteiger partial charge is 0.444 e. The summed E-state index contributed by atoms with van der Waals surface area (Å²) in [6.07, 6.45) is 9.24. The van der Waals surface area contributed by atoms with E-state index < -0.39 is 26.8 Å². The van der Waals surface area contributed by atoms with Crippen molar-refractivity contribution in [3.05, 3.63) is 196 Å². The Labute approximate surface area is 586 Å². The highest BCUT2D eigenvalue weighted by atomic mass is 32.2. The molecule has 12 rings (SSSR count). The Hall–Kier alpha value is -7.22. The minimum absolute atomic E-state index is 0.00429. The van der Waals surface area contributed by atoms with E-state index in [1.807, 2.05) is 88.6 Å². The number of nitrogens with zero attached hydrogens (tertiary/aromatic N) is 9. The van der Waals surface area contributed by atoms with E-state index in [2.05, 4.69) is 132 Å². The van der Waals surface area contributed by atoms with E-state index in [9.17, 15) is 23.1 Å². The molecule has 7 heterocycles. The molecule has 0 saturated carbocycles. The lowest BCUT2D eigenvalue weighted by molar-refractivity contribution is -0.0601. The number of likely N-dealkylation sites (tertiary alicyclic amines) is 6. The van der Waals surface area contributed by atoms with Crippen molar-refractivity contribution in [2.75, 3.05) is 105 Å². The van der Waals surface area contributed by atoms with Gasteiger partial charge in [-0.15, -0.1) is 0 Å². The number of nitrogens with one attached hydrogen (secondary N) is 1. The Morgan fingerprint density at radius 3 is 1.20 bits per heavy atom. The van der Waals surface area contributed by atoms with Crippen LogP contribution in [0.2, 0.25) is 0 Å². The molecule has 0 radical (unpaired) electrons. The van der Waals surface area contributed by atoms with Gasteiger partial charge in [0.15, 0.2) is 0 Å². The molecule has 2 spiro atoms. The number of amides is 2. The maximum Gasteiger partial charge on any atom is 0.410 e. The highest BCUT2D eigenvalue weighted by molar-refractivity contribution is 7.86. The van der Waals surface area contributed by atoms with Crippen molar-refractivity contribution in [2.24, 2.45) is 16.7 Å². The van der Waals surface area contributed by atoms with Crippen LogP contribution in [0.5, 0.6) is 0 Å². The molecule has 7 fully saturated rings.